The number of carbonyl (C=O) groups excluding carboxylic acids is 2. The van der Waals surface area contributed by atoms with E-state index in [1.54, 1.807) is 0 Å². The number of benzene rings is 1. The molecular formula is C34H48FN3O6. The second-order valence-electron chi connectivity index (χ2n) is 12.9. The first-order chi connectivity index (χ1) is 21.2. The highest BCUT2D eigenvalue weighted by Crippen LogP contribution is 2.28. The Balaban J connectivity index is 1.34. The second kappa shape index (κ2) is 14.9. The minimum atomic E-state index is -0.861. The molecule has 0 aromatic heterocycles. The number of halogens is 1. The van der Waals surface area contributed by atoms with Gasteiger partial charge in [-0.15, -0.1) is 0 Å². The van der Waals surface area contributed by atoms with Crippen LogP contribution in [0.4, 0.5) is 14.9 Å². The molecule has 1 aromatic rings. The van der Waals surface area contributed by atoms with E-state index < -0.39 is 24.3 Å². The quantitative estimate of drug-likeness (QED) is 0.388. The highest BCUT2D eigenvalue weighted by atomic mass is 19.1. The molecule has 0 radical (unpaired) electrons. The molecule has 0 bridgehead atoms. The summed E-state index contributed by atoms with van der Waals surface area (Å²) in [5.41, 5.74) is 2.20. The van der Waals surface area contributed by atoms with E-state index in [0.29, 0.717) is 63.8 Å². The van der Waals surface area contributed by atoms with Gasteiger partial charge >= 0.3 is 12.1 Å². The van der Waals surface area contributed by atoms with Crippen LogP contribution < -0.4 is 4.90 Å². The predicted molar refractivity (Wildman–Crippen MR) is 167 cm³/mol. The standard InChI is InChI=1S/C34H48FN3O6/c1-23-6-8-30(39)21-32(40)44-33(25(3)17-26-18-27(35)20-29(19-26)37-13-15-42-16-14-37)24(2)7-9-31(23)43-34(41)38-12-11-36-10-4-5-28(36)22-38/h7,9,17-20,23-24,28,30-31,33,39H,4-6,8,10-16,21-22H2,1-3H3/b9-7+,25-17+/t23-,24-,28?,30+,31-,33-/m0/s1. The highest BCUT2D eigenvalue weighted by Gasteiger charge is 2.34. The summed E-state index contributed by atoms with van der Waals surface area (Å²) in [7, 11) is 0. The summed E-state index contributed by atoms with van der Waals surface area (Å²) in [5.74, 6) is -1.14. The van der Waals surface area contributed by atoms with Crippen molar-refractivity contribution in [2.75, 3.05) is 57.4 Å². The van der Waals surface area contributed by atoms with Crippen molar-refractivity contribution in [2.24, 2.45) is 11.8 Å². The summed E-state index contributed by atoms with van der Waals surface area (Å²) >= 11 is 0. The van der Waals surface area contributed by atoms with Crippen LogP contribution in [0.25, 0.3) is 6.08 Å². The highest BCUT2D eigenvalue weighted by molar-refractivity contribution is 5.71. The van der Waals surface area contributed by atoms with E-state index in [9.17, 15) is 19.1 Å². The van der Waals surface area contributed by atoms with Crippen molar-refractivity contribution in [3.05, 3.63) is 47.3 Å². The molecule has 6 atom stereocenters. The molecule has 10 heteroatoms. The first-order valence-electron chi connectivity index (χ1n) is 16.2. The number of amides is 1. The lowest BCUT2D eigenvalue weighted by molar-refractivity contribution is -0.151. The Morgan fingerprint density at radius 2 is 1.84 bits per heavy atom. The Hall–Kier alpha value is -2.95. The maximum atomic E-state index is 14.7. The first kappa shape index (κ1) is 32.4. The van der Waals surface area contributed by atoms with Crippen molar-refractivity contribution < 1.29 is 33.3 Å². The summed E-state index contributed by atoms with van der Waals surface area (Å²) in [4.78, 5) is 32.6. The molecule has 3 fully saturated rings. The fourth-order valence-electron chi connectivity index (χ4n) is 6.83. The number of piperazine rings is 1. The lowest BCUT2D eigenvalue weighted by Crippen LogP contribution is -2.52. The normalized spacial score (nSPS) is 31.8. The van der Waals surface area contributed by atoms with E-state index in [1.807, 2.05) is 50.0 Å². The number of nitrogens with zero attached hydrogens (tertiary/aromatic N) is 3. The Labute approximate surface area is 260 Å². The molecule has 4 heterocycles. The zero-order valence-electron chi connectivity index (χ0n) is 26.3. The molecule has 0 saturated carbocycles. The molecular weight excluding hydrogens is 565 g/mol. The van der Waals surface area contributed by atoms with Gasteiger partial charge in [-0.05, 0) is 80.5 Å². The molecule has 1 unspecified atom stereocenters. The number of cyclic esters (lactones) is 1. The lowest BCUT2D eigenvalue weighted by Gasteiger charge is -2.37. The van der Waals surface area contributed by atoms with E-state index in [2.05, 4.69) is 9.80 Å². The van der Waals surface area contributed by atoms with Crippen molar-refractivity contribution in [3.8, 4) is 0 Å². The molecule has 4 aliphatic heterocycles. The van der Waals surface area contributed by atoms with Crippen molar-refractivity contribution >= 4 is 23.8 Å². The van der Waals surface area contributed by atoms with Gasteiger partial charge < -0.3 is 29.1 Å². The average Bonchev–Trinajstić information content (AvgIpc) is 3.48. The summed E-state index contributed by atoms with van der Waals surface area (Å²) in [6.45, 7) is 11.7. The third-order valence-electron chi connectivity index (χ3n) is 9.47. The molecule has 0 spiro atoms. The lowest BCUT2D eigenvalue weighted by atomic mass is 9.91. The Bertz CT molecular complexity index is 1220. The van der Waals surface area contributed by atoms with E-state index in [1.165, 1.54) is 18.6 Å². The second-order valence-corrected chi connectivity index (χ2v) is 12.9. The maximum Gasteiger partial charge on any atom is 0.410 e. The van der Waals surface area contributed by atoms with Crippen LogP contribution in [0.15, 0.2) is 35.9 Å². The number of aliphatic hydroxyl groups is 1. The number of fused-ring (bicyclic) bond motifs is 1. The van der Waals surface area contributed by atoms with Crippen molar-refractivity contribution in [3.63, 3.8) is 0 Å². The monoisotopic (exact) mass is 613 g/mol. The van der Waals surface area contributed by atoms with E-state index in [0.717, 1.165) is 30.8 Å². The number of morpholine rings is 1. The van der Waals surface area contributed by atoms with Gasteiger partial charge in [0.15, 0.2) is 0 Å². The Kier molecular flexibility index (Phi) is 11.0. The minimum Gasteiger partial charge on any atom is -0.457 e. The SMILES string of the molecule is C/C(=C\c1cc(F)cc(N2CCOCC2)c1)[C@H]1OC(=O)C[C@H](O)CC[C@H](C)[C@@H](OC(=O)N2CCN3CCCC3C2)/C=C/[C@@H]1C. The fraction of sp³-hybridized carbons (Fsp3) is 0.647. The maximum absolute atomic E-state index is 14.7. The fourth-order valence-corrected chi connectivity index (χ4v) is 6.83. The third-order valence-corrected chi connectivity index (χ3v) is 9.47. The van der Waals surface area contributed by atoms with Crippen LogP contribution in [0.3, 0.4) is 0 Å². The number of aliphatic hydroxyl groups excluding tert-OH is 1. The van der Waals surface area contributed by atoms with Gasteiger partial charge in [0.1, 0.15) is 18.0 Å². The van der Waals surface area contributed by atoms with Crippen LogP contribution in [0, 0.1) is 17.7 Å². The molecule has 9 nitrogen and oxygen atoms in total. The predicted octanol–water partition coefficient (Wildman–Crippen LogP) is 4.64. The Morgan fingerprint density at radius 1 is 1.05 bits per heavy atom. The minimum absolute atomic E-state index is 0.0544. The summed E-state index contributed by atoms with van der Waals surface area (Å²) in [6.07, 6.45) is 6.53. The van der Waals surface area contributed by atoms with Gasteiger partial charge in [-0.3, -0.25) is 9.69 Å². The molecule has 3 saturated heterocycles. The molecule has 44 heavy (non-hydrogen) atoms. The topological polar surface area (TPSA) is 91.8 Å². The number of esters is 1. The van der Waals surface area contributed by atoms with Gasteiger partial charge in [0.25, 0.3) is 0 Å². The van der Waals surface area contributed by atoms with Gasteiger partial charge in [0.2, 0.25) is 0 Å². The number of hydrogen-bond donors (Lipinski definition) is 1. The van der Waals surface area contributed by atoms with Crippen LogP contribution in [-0.4, -0.2) is 104 Å². The van der Waals surface area contributed by atoms with E-state index in [4.69, 9.17) is 14.2 Å². The van der Waals surface area contributed by atoms with Gasteiger partial charge in [-0.25, -0.2) is 9.18 Å². The molecule has 1 N–H and O–H groups in total. The van der Waals surface area contributed by atoms with Crippen molar-refractivity contribution in [1.29, 1.82) is 0 Å². The number of ether oxygens (including phenoxy) is 3. The molecule has 0 aliphatic carbocycles. The van der Waals surface area contributed by atoms with Gasteiger partial charge in [-0.1, -0.05) is 26.0 Å². The first-order valence-corrected chi connectivity index (χ1v) is 16.2. The van der Waals surface area contributed by atoms with E-state index >= 15 is 0 Å². The molecule has 242 valence electrons. The molecule has 4 aliphatic rings. The molecule has 1 aromatic carbocycles. The number of anilines is 1. The number of carbonyl (C=O) groups is 2. The van der Waals surface area contributed by atoms with Crippen LogP contribution in [-0.2, 0) is 19.0 Å². The smallest absolute Gasteiger partial charge is 0.410 e. The zero-order valence-corrected chi connectivity index (χ0v) is 26.3. The van der Waals surface area contributed by atoms with Crippen molar-refractivity contribution in [2.45, 2.75) is 77.2 Å². The third kappa shape index (κ3) is 8.40. The van der Waals surface area contributed by atoms with Crippen LogP contribution in [0.2, 0.25) is 0 Å². The van der Waals surface area contributed by atoms with Gasteiger partial charge in [0, 0.05) is 50.4 Å². The number of hydrogen-bond acceptors (Lipinski definition) is 8. The largest absolute Gasteiger partial charge is 0.457 e. The van der Waals surface area contributed by atoms with Gasteiger partial charge in [-0.2, -0.15) is 0 Å². The zero-order chi connectivity index (χ0) is 31.2. The molecule has 5 rings (SSSR count). The van der Waals surface area contributed by atoms with Gasteiger partial charge in [0.05, 0.1) is 25.7 Å². The van der Waals surface area contributed by atoms with Crippen LogP contribution >= 0.6 is 0 Å². The van der Waals surface area contributed by atoms with E-state index in [-0.39, 0.29) is 30.2 Å². The van der Waals surface area contributed by atoms with Crippen molar-refractivity contribution in [1.82, 2.24) is 9.80 Å². The Morgan fingerprint density at radius 3 is 2.64 bits per heavy atom. The molecule has 1 amide bonds. The summed E-state index contributed by atoms with van der Waals surface area (Å²) in [5, 5.41) is 10.6. The van der Waals surface area contributed by atoms with Crippen LogP contribution in [0.1, 0.15) is 58.4 Å². The summed E-state index contributed by atoms with van der Waals surface area (Å²) in [6, 6.07) is 5.33. The van der Waals surface area contributed by atoms with Crippen LogP contribution in [0.5, 0.6) is 0 Å². The number of rotatable bonds is 4. The average molecular weight is 614 g/mol. The summed E-state index contributed by atoms with van der Waals surface area (Å²) < 4.78 is 32.2.